The third-order valence-electron chi connectivity index (χ3n) is 5.36. The van der Waals surface area contributed by atoms with E-state index >= 15 is 0 Å². The molecule has 26 heavy (non-hydrogen) atoms. The Bertz CT molecular complexity index is 981. The van der Waals surface area contributed by atoms with Crippen molar-refractivity contribution in [1.82, 2.24) is 9.47 Å². The molecule has 0 aliphatic carbocycles. The molecule has 134 valence electrons. The summed E-state index contributed by atoms with van der Waals surface area (Å²) in [7, 11) is 0. The van der Waals surface area contributed by atoms with Gasteiger partial charge in [0.05, 0.1) is 5.41 Å². The first-order valence-electron chi connectivity index (χ1n) is 8.50. The van der Waals surface area contributed by atoms with Gasteiger partial charge in [-0.1, -0.05) is 18.2 Å². The van der Waals surface area contributed by atoms with Gasteiger partial charge in [0.2, 0.25) is 11.8 Å². The number of anilines is 1. The highest BCUT2D eigenvalue weighted by Gasteiger charge is 2.51. The zero-order chi connectivity index (χ0) is 18.5. The maximum absolute atomic E-state index is 12.7. The lowest BCUT2D eigenvalue weighted by Gasteiger charge is -2.23. The molecule has 2 aliphatic rings. The molecule has 1 aromatic carbocycles. The zero-order valence-corrected chi connectivity index (χ0v) is 14.4. The molecule has 0 bridgehead atoms. The predicted octanol–water partition coefficient (Wildman–Crippen LogP) is 0.985. The molecule has 3 heterocycles. The van der Waals surface area contributed by atoms with E-state index in [-0.39, 0.29) is 24.1 Å². The van der Waals surface area contributed by atoms with E-state index in [0.717, 1.165) is 17.3 Å². The molecule has 1 fully saturated rings. The van der Waals surface area contributed by atoms with Gasteiger partial charge in [-0.3, -0.25) is 14.4 Å². The summed E-state index contributed by atoms with van der Waals surface area (Å²) in [6.45, 7) is 2.33. The number of aromatic nitrogens is 1. The third-order valence-corrected chi connectivity index (χ3v) is 5.36. The molecule has 2 amide bonds. The van der Waals surface area contributed by atoms with Crippen LogP contribution in [0.2, 0.25) is 0 Å². The summed E-state index contributed by atoms with van der Waals surface area (Å²) in [5.74, 6) is -0.405. The van der Waals surface area contributed by atoms with Crippen molar-refractivity contribution in [3.8, 4) is 5.75 Å². The Morgan fingerprint density at radius 1 is 1.27 bits per heavy atom. The Balaban J connectivity index is 1.58. The van der Waals surface area contributed by atoms with Crippen LogP contribution < -0.4 is 10.9 Å². The Morgan fingerprint density at radius 3 is 2.81 bits per heavy atom. The minimum absolute atomic E-state index is 0.0769. The Kier molecular flexibility index (Phi) is 3.61. The van der Waals surface area contributed by atoms with E-state index in [9.17, 15) is 19.5 Å². The first-order chi connectivity index (χ1) is 12.4. The summed E-state index contributed by atoms with van der Waals surface area (Å²) in [6.07, 6.45) is 0.561. The number of nitrogens with one attached hydrogen (secondary N) is 1. The molecule has 1 atom stereocenters. The van der Waals surface area contributed by atoms with Gasteiger partial charge in [0, 0.05) is 30.5 Å². The average Bonchev–Trinajstić information content (AvgIpc) is 3.15. The number of hydrogen-bond donors (Lipinski definition) is 2. The standard InChI is InChI=1S/C19H19N3O4/c1-12-8-13(23)9-16(24)22(12)10-17(25)21-7-6-19(11-21)14-4-2-3-5-15(14)20-18(19)26/h2-5,8-9,23H,6-7,10-11H2,1H3,(H,20,26). The molecule has 7 heteroatoms. The molecule has 2 aromatic rings. The molecule has 4 rings (SSSR count). The average molecular weight is 353 g/mol. The Morgan fingerprint density at radius 2 is 2.04 bits per heavy atom. The second-order valence-corrected chi connectivity index (χ2v) is 6.93. The van der Waals surface area contributed by atoms with Gasteiger partial charge in [0.1, 0.15) is 12.3 Å². The highest BCUT2D eigenvalue weighted by Crippen LogP contribution is 2.44. The van der Waals surface area contributed by atoms with Gasteiger partial charge in [-0.15, -0.1) is 0 Å². The summed E-state index contributed by atoms with van der Waals surface area (Å²) >= 11 is 0. The monoisotopic (exact) mass is 353 g/mol. The summed E-state index contributed by atoms with van der Waals surface area (Å²) in [6, 6.07) is 10.1. The summed E-state index contributed by atoms with van der Waals surface area (Å²) in [5, 5.41) is 12.4. The number of pyridine rings is 1. The molecule has 0 radical (unpaired) electrons. The molecule has 1 aromatic heterocycles. The highest BCUT2D eigenvalue weighted by atomic mass is 16.3. The van der Waals surface area contributed by atoms with Crippen molar-refractivity contribution in [3.05, 3.63) is 58.0 Å². The van der Waals surface area contributed by atoms with Crippen molar-refractivity contribution < 1.29 is 14.7 Å². The van der Waals surface area contributed by atoms with E-state index in [2.05, 4.69) is 5.32 Å². The van der Waals surface area contributed by atoms with Crippen LogP contribution in [-0.2, 0) is 21.5 Å². The van der Waals surface area contributed by atoms with Gasteiger partial charge in [-0.05, 0) is 31.0 Å². The van der Waals surface area contributed by atoms with Crippen molar-refractivity contribution in [2.75, 3.05) is 18.4 Å². The molecule has 1 unspecified atom stereocenters. The van der Waals surface area contributed by atoms with E-state index < -0.39 is 11.0 Å². The minimum Gasteiger partial charge on any atom is -0.508 e. The normalized spacial score (nSPS) is 21.1. The predicted molar refractivity (Wildman–Crippen MR) is 95.1 cm³/mol. The van der Waals surface area contributed by atoms with Crippen LogP contribution in [0.3, 0.4) is 0 Å². The maximum Gasteiger partial charge on any atom is 0.254 e. The van der Waals surface area contributed by atoms with Crippen LogP contribution in [0.4, 0.5) is 5.69 Å². The summed E-state index contributed by atoms with van der Waals surface area (Å²) in [4.78, 5) is 39.0. The number of hydrogen-bond acceptors (Lipinski definition) is 4. The van der Waals surface area contributed by atoms with Crippen LogP contribution >= 0.6 is 0 Å². The number of aryl methyl sites for hydroxylation is 1. The minimum atomic E-state index is -0.707. The van der Waals surface area contributed by atoms with Gasteiger partial charge in [0.25, 0.3) is 5.56 Å². The maximum atomic E-state index is 12.7. The van der Waals surface area contributed by atoms with Crippen LogP contribution in [-0.4, -0.2) is 39.5 Å². The van der Waals surface area contributed by atoms with Crippen molar-refractivity contribution in [3.63, 3.8) is 0 Å². The number of nitrogens with zero attached hydrogens (tertiary/aromatic N) is 2. The SMILES string of the molecule is Cc1cc(O)cc(=O)n1CC(=O)N1CCC2(C1)C(=O)Nc1ccccc12. The molecule has 1 saturated heterocycles. The first-order valence-corrected chi connectivity index (χ1v) is 8.50. The van der Waals surface area contributed by atoms with Crippen LogP contribution in [0, 0.1) is 6.92 Å². The van der Waals surface area contributed by atoms with Gasteiger partial charge < -0.3 is 19.9 Å². The number of fused-ring (bicyclic) bond motifs is 2. The number of carbonyl (C=O) groups excluding carboxylic acids is 2. The summed E-state index contributed by atoms with van der Waals surface area (Å²) in [5.41, 5.74) is 1.12. The van der Waals surface area contributed by atoms with E-state index in [1.165, 1.54) is 10.6 Å². The van der Waals surface area contributed by atoms with E-state index in [0.29, 0.717) is 25.2 Å². The fraction of sp³-hybridized carbons (Fsp3) is 0.316. The number of likely N-dealkylation sites (tertiary alicyclic amines) is 1. The molecule has 1 spiro atoms. The van der Waals surface area contributed by atoms with E-state index in [1.807, 2.05) is 24.3 Å². The van der Waals surface area contributed by atoms with Gasteiger partial charge >= 0.3 is 0 Å². The quantitative estimate of drug-likeness (QED) is 0.842. The first kappa shape index (κ1) is 16.4. The zero-order valence-electron chi connectivity index (χ0n) is 14.4. The van der Waals surface area contributed by atoms with Crippen molar-refractivity contribution in [2.45, 2.75) is 25.3 Å². The largest absolute Gasteiger partial charge is 0.508 e. The topological polar surface area (TPSA) is 91.6 Å². The molecule has 7 nitrogen and oxygen atoms in total. The van der Waals surface area contributed by atoms with E-state index in [1.54, 1.807) is 11.8 Å². The molecule has 2 aliphatic heterocycles. The number of para-hydroxylation sites is 1. The fourth-order valence-electron chi connectivity index (χ4n) is 3.95. The molecule has 2 N–H and O–H groups in total. The lowest BCUT2D eigenvalue weighted by atomic mass is 9.81. The molecular formula is C19H19N3O4. The third kappa shape index (κ3) is 2.39. The highest BCUT2D eigenvalue weighted by molar-refractivity contribution is 6.07. The van der Waals surface area contributed by atoms with Crippen molar-refractivity contribution in [1.29, 1.82) is 0 Å². The lowest BCUT2D eigenvalue weighted by molar-refractivity contribution is -0.131. The number of rotatable bonds is 2. The number of benzene rings is 1. The van der Waals surface area contributed by atoms with E-state index in [4.69, 9.17) is 0 Å². The second kappa shape index (κ2) is 5.72. The molecule has 0 saturated carbocycles. The van der Waals surface area contributed by atoms with Crippen molar-refractivity contribution in [2.24, 2.45) is 0 Å². The number of carbonyl (C=O) groups is 2. The van der Waals surface area contributed by atoms with Crippen molar-refractivity contribution >= 4 is 17.5 Å². The smallest absolute Gasteiger partial charge is 0.254 e. The lowest BCUT2D eigenvalue weighted by Crippen LogP contribution is -2.41. The van der Waals surface area contributed by atoms with Crippen LogP contribution in [0.25, 0.3) is 0 Å². The second-order valence-electron chi connectivity index (χ2n) is 6.93. The molecular weight excluding hydrogens is 334 g/mol. The van der Waals surface area contributed by atoms with Crippen LogP contribution in [0.15, 0.2) is 41.2 Å². The van der Waals surface area contributed by atoms with Gasteiger partial charge in [-0.2, -0.15) is 0 Å². The summed E-state index contributed by atoms with van der Waals surface area (Å²) < 4.78 is 1.33. The Labute approximate surface area is 149 Å². The Hall–Kier alpha value is -3.09. The van der Waals surface area contributed by atoms with Crippen LogP contribution in [0.5, 0.6) is 5.75 Å². The number of amides is 2. The van der Waals surface area contributed by atoms with Gasteiger partial charge in [0.15, 0.2) is 0 Å². The van der Waals surface area contributed by atoms with Gasteiger partial charge in [-0.25, -0.2) is 0 Å². The fourth-order valence-corrected chi connectivity index (χ4v) is 3.95. The number of aromatic hydroxyl groups is 1. The van der Waals surface area contributed by atoms with Crippen LogP contribution in [0.1, 0.15) is 17.7 Å².